The normalized spacial score (nSPS) is 42.1. The number of rotatable bonds is 0. The monoisotopic (exact) mass is 175 g/mol. The molecule has 1 unspecified atom stereocenters. The molecule has 1 saturated heterocycles. The summed E-state index contributed by atoms with van der Waals surface area (Å²) >= 11 is 0. The van der Waals surface area contributed by atoms with Crippen LogP contribution in [-0.4, -0.2) is 12.1 Å². The lowest BCUT2D eigenvalue weighted by atomic mass is 10.00. The third kappa shape index (κ3) is 2.31. The van der Waals surface area contributed by atoms with Crippen LogP contribution < -0.4 is 5.32 Å². The van der Waals surface area contributed by atoms with Crippen molar-refractivity contribution < 1.29 is 0 Å². The molecule has 0 radical (unpaired) electrons. The molecule has 0 bridgehead atoms. The Morgan fingerprint density at radius 3 is 3.00 bits per heavy atom. The summed E-state index contributed by atoms with van der Waals surface area (Å²) in [5, 5.41) is 3.44. The third-order valence-electron chi connectivity index (χ3n) is 2.81. The molecule has 1 fully saturated rings. The molecule has 1 spiro atoms. The van der Waals surface area contributed by atoms with E-state index in [2.05, 4.69) is 42.6 Å². The van der Waals surface area contributed by atoms with E-state index in [-0.39, 0.29) is 0 Å². The van der Waals surface area contributed by atoms with E-state index >= 15 is 0 Å². The zero-order valence-electron chi connectivity index (χ0n) is 8.22. The highest BCUT2D eigenvalue weighted by atomic mass is 15.1. The van der Waals surface area contributed by atoms with Crippen LogP contribution >= 0.6 is 0 Å². The van der Waals surface area contributed by atoms with Crippen molar-refractivity contribution in [1.29, 1.82) is 0 Å². The average Bonchev–Trinajstić information content (AvgIpc) is 2.88. The van der Waals surface area contributed by atoms with Gasteiger partial charge in [-0.1, -0.05) is 36.0 Å². The van der Waals surface area contributed by atoms with Crippen LogP contribution in [0, 0.1) is 0 Å². The van der Waals surface area contributed by atoms with E-state index in [0.717, 1.165) is 0 Å². The highest BCUT2D eigenvalue weighted by Gasteiger charge is 2.37. The summed E-state index contributed by atoms with van der Waals surface area (Å²) in [6.07, 6.45) is 14.9. The average molecular weight is 175 g/mol. The standard InChI is InChI=1S/C12H17N/c1-11-6-2-4-8-12(10-13-12)9-5-3-7-11/h2,4,6-8,13H,3,5,9-10H2,1H3/b6-2-,8-4-,11-7-. The molecule has 0 amide bonds. The van der Waals surface area contributed by atoms with Gasteiger partial charge in [0.15, 0.2) is 0 Å². The number of hydrogen-bond donors (Lipinski definition) is 1. The van der Waals surface area contributed by atoms with Crippen molar-refractivity contribution in [2.45, 2.75) is 31.7 Å². The Morgan fingerprint density at radius 2 is 2.23 bits per heavy atom. The topological polar surface area (TPSA) is 21.9 Å². The van der Waals surface area contributed by atoms with Crippen LogP contribution in [0.4, 0.5) is 0 Å². The summed E-state index contributed by atoms with van der Waals surface area (Å²) in [6, 6.07) is 0. The first kappa shape index (κ1) is 8.76. The lowest BCUT2D eigenvalue weighted by molar-refractivity contribution is 0.641. The Labute approximate surface area is 80.2 Å². The molecular weight excluding hydrogens is 158 g/mol. The fourth-order valence-electron chi connectivity index (χ4n) is 1.75. The zero-order valence-corrected chi connectivity index (χ0v) is 8.22. The molecule has 1 aliphatic carbocycles. The van der Waals surface area contributed by atoms with Crippen LogP contribution in [0.2, 0.25) is 0 Å². The highest BCUT2D eigenvalue weighted by molar-refractivity contribution is 5.26. The molecule has 1 heteroatoms. The molecule has 1 N–H and O–H groups in total. The van der Waals surface area contributed by atoms with Gasteiger partial charge in [0.25, 0.3) is 0 Å². The Balaban J connectivity index is 2.07. The van der Waals surface area contributed by atoms with Crippen LogP contribution in [0.15, 0.2) is 36.0 Å². The SMILES string of the molecule is CC1=C/CCCC2(\C=C/C=C\1)CN2. The van der Waals surface area contributed by atoms with E-state index in [9.17, 15) is 0 Å². The minimum Gasteiger partial charge on any atom is -0.305 e. The Bertz CT molecular complexity index is 267. The minimum atomic E-state index is 0.365. The van der Waals surface area contributed by atoms with Crippen molar-refractivity contribution in [3.8, 4) is 0 Å². The van der Waals surface area contributed by atoms with Crippen molar-refractivity contribution in [3.05, 3.63) is 36.0 Å². The van der Waals surface area contributed by atoms with Gasteiger partial charge in [-0.25, -0.2) is 0 Å². The van der Waals surface area contributed by atoms with Crippen molar-refractivity contribution >= 4 is 0 Å². The maximum atomic E-state index is 3.44. The molecule has 70 valence electrons. The van der Waals surface area contributed by atoms with Crippen LogP contribution in [0.5, 0.6) is 0 Å². The molecule has 2 aliphatic rings. The van der Waals surface area contributed by atoms with Crippen molar-refractivity contribution in [2.24, 2.45) is 0 Å². The molecule has 1 aliphatic heterocycles. The van der Waals surface area contributed by atoms with Gasteiger partial charge in [0.1, 0.15) is 0 Å². The van der Waals surface area contributed by atoms with E-state index in [4.69, 9.17) is 0 Å². The number of allylic oxidation sites excluding steroid dienone is 5. The molecule has 1 nitrogen and oxygen atoms in total. The smallest absolute Gasteiger partial charge is 0.0495 e. The first-order valence-corrected chi connectivity index (χ1v) is 5.08. The summed E-state index contributed by atoms with van der Waals surface area (Å²) in [4.78, 5) is 0. The lowest BCUT2D eigenvalue weighted by Gasteiger charge is -2.07. The van der Waals surface area contributed by atoms with Crippen LogP contribution in [0.3, 0.4) is 0 Å². The molecular formula is C12H17N. The summed E-state index contributed by atoms with van der Waals surface area (Å²) in [6.45, 7) is 3.33. The van der Waals surface area contributed by atoms with Gasteiger partial charge in [-0.15, -0.1) is 0 Å². The second-order valence-corrected chi connectivity index (χ2v) is 4.07. The predicted molar refractivity (Wildman–Crippen MR) is 56.6 cm³/mol. The van der Waals surface area contributed by atoms with Gasteiger partial charge in [-0.3, -0.25) is 0 Å². The van der Waals surface area contributed by atoms with Gasteiger partial charge >= 0.3 is 0 Å². The lowest BCUT2D eigenvalue weighted by Crippen LogP contribution is -2.10. The second kappa shape index (κ2) is 3.51. The van der Waals surface area contributed by atoms with Gasteiger partial charge < -0.3 is 5.32 Å². The van der Waals surface area contributed by atoms with Crippen molar-refractivity contribution in [1.82, 2.24) is 5.32 Å². The van der Waals surface area contributed by atoms with E-state index in [0.29, 0.717) is 5.54 Å². The first-order valence-electron chi connectivity index (χ1n) is 5.08. The quantitative estimate of drug-likeness (QED) is 0.561. The molecule has 1 heterocycles. The summed E-state index contributed by atoms with van der Waals surface area (Å²) in [5.41, 5.74) is 1.74. The number of nitrogens with one attached hydrogen (secondary N) is 1. The fourth-order valence-corrected chi connectivity index (χ4v) is 1.75. The van der Waals surface area contributed by atoms with Crippen LogP contribution in [0.1, 0.15) is 26.2 Å². The fraction of sp³-hybridized carbons (Fsp3) is 0.500. The second-order valence-electron chi connectivity index (χ2n) is 4.07. The highest BCUT2D eigenvalue weighted by Crippen LogP contribution is 2.26. The Hall–Kier alpha value is -0.820. The van der Waals surface area contributed by atoms with Gasteiger partial charge in [0.05, 0.1) is 0 Å². The predicted octanol–water partition coefficient (Wildman–Crippen LogP) is 2.57. The molecule has 2 rings (SSSR count). The maximum Gasteiger partial charge on any atom is 0.0495 e. The van der Waals surface area contributed by atoms with Gasteiger partial charge in [0.2, 0.25) is 0 Å². The van der Waals surface area contributed by atoms with Crippen molar-refractivity contribution in [3.63, 3.8) is 0 Å². The van der Waals surface area contributed by atoms with E-state index < -0.39 is 0 Å². The molecule has 0 aromatic rings. The van der Waals surface area contributed by atoms with Gasteiger partial charge in [0, 0.05) is 12.1 Å². The van der Waals surface area contributed by atoms with Gasteiger partial charge in [-0.2, -0.15) is 0 Å². The molecule has 0 aromatic heterocycles. The minimum absolute atomic E-state index is 0.365. The molecule has 0 saturated carbocycles. The summed E-state index contributed by atoms with van der Waals surface area (Å²) in [7, 11) is 0. The van der Waals surface area contributed by atoms with Gasteiger partial charge in [-0.05, 0) is 26.2 Å². The largest absolute Gasteiger partial charge is 0.305 e. The zero-order chi connectivity index (χ0) is 9.15. The Kier molecular flexibility index (Phi) is 2.36. The van der Waals surface area contributed by atoms with E-state index in [1.807, 2.05) is 0 Å². The molecule has 0 aromatic carbocycles. The van der Waals surface area contributed by atoms with E-state index in [1.165, 1.54) is 31.4 Å². The number of hydrogen-bond acceptors (Lipinski definition) is 1. The summed E-state index contributed by atoms with van der Waals surface area (Å²) < 4.78 is 0. The van der Waals surface area contributed by atoms with E-state index in [1.54, 1.807) is 0 Å². The van der Waals surface area contributed by atoms with Crippen LogP contribution in [-0.2, 0) is 0 Å². The van der Waals surface area contributed by atoms with Crippen molar-refractivity contribution in [2.75, 3.05) is 6.54 Å². The first-order chi connectivity index (χ1) is 6.31. The third-order valence-corrected chi connectivity index (χ3v) is 2.81. The Morgan fingerprint density at radius 1 is 1.38 bits per heavy atom. The maximum absolute atomic E-state index is 3.44. The molecule has 13 heavy (non-hydrogen) atoms. The van der Waals surface area contributed by atoms with Crippen LogP contribution in [0.25, 0.3) is 0 Å². The summed E-state index contributed by atoms with van der Waals surface area (Å²) in [5.74, 6) is 0. The molecule has 1 atom stereocenters.